The Morgan fingerprint density at radius 3 is 1.59 bits per heavy atom. The van der Waals surface area contributed by atoms with Crippen molar-refractivity contribution in [3.63, 3.8) is 0 Å². The molecule has 5 rings (SSSR count). The topological polar surface area (TPSA) is 224 Å². The Hall–Kier alpha value is -7.17. The molecule has 5 aromatic carbocycles. The van der Waals surface area contributed by atoms with Crippen LogP contribution in [0.15, 0.2) is 146 Å². The van der Waals surface area contributed by atoms with E-state index >= 15 is 0 Å². The second-order valence-electron chi connectivity index (χ2n) is 14.5. The highest BCUT2D eigenvalue weighted by Gasteiger charge is 2.29. The number of benzene rings is 5. The minimum atomic E-state index is -1.32. The van der Waals surface area contributed by atoms with Crippen molar-refractivity contribution in [2.75, 3.05) is 18.1 Å². The lowest BCUT2D eigenvalue weighted by Crippen LogP contribution is -2.56. The zero-order valence-electron chi connectivity index (χ0n) is 34.9. The maximum absolute atomic E-state index is 14.1. The third-order valence-electron chi connectivity index (χ3n) is 9.51. The standard InChI is InChI=1S/C48H51N5O10S/c49-39(47(59)62-29-36-17-9-3-10-18-36)31-64-32-42(44(55)50-27-43(54)51-41(46(57)58)26-33-13-5-1-6-14-33)52-45(56)40(53-48(60)63-30-37-19-11-4-12-20-37)25-34-21-23-38(24-22-34)61-28-35-15-7-2-8-16-35/h1-24,39-42H,25-32,49H2,(H,50,55)(H,51,54)(H,52,56)(H,53,60)(H,57,58)/t39-,40-,41-,42+/m0/s1. The molecule has 7 N–H and O–H groups in total. The van der Waals surface area contributed by atoms with Gasteiger partial charge >= 0.3 is 18.0 Å². The number of carbonyl (C=O) groups is 6. The summed E-state index contributed by atoms with van der Waals surface area (Å²) in [6, 6.07) is 38.4. The second-order valence-corrected chi connectivity index (χ2v) is 15.6. The fraction of sp³-hybridized carbons (Fsp3) is 0.250. The molecule has 0 aliphatic carbocycles. The Labute approximate surface area is 375 Å². The zero-order valence-corrected chi connectivity index (χ0v) is 35.7. The van der Waals surface area contributed by atoms with Crippen LogP contribution in [0.25, 0.3) is 0 Å². The Bertz CT molecular complexity index is 2260. The Morgan fingerprint density at radius 2 is 1.03 bits per heavy atom. The largest absolute Gasteiger partial charge is 0.489 e. The highest BCUT2D eigenvalue weighted by atomic mass is 32.2. The van der Waals surface area contributed by atoms with E-state index < -0.39 is 66.5 Å². The van der Waals surface area contributed by atoms with Crippen molar-refractivity contribution in [2.24, 2.45) is 5.73 Å². The molecular formula is C48H51N5O10S. The number of hydrogen-bond acceptors (Lipinski definition) is 11. The molecule has 0 heterocycles. The first kappa shape index (κ1) is 47.9. The molecule has 0 fully saturated rings. The lowest BCUT2D eigenvalue weighted by atomic mass is 10.0. The SMILES string of the molecule is N[C@@H](CSC[C@@H](NC(=O)[C@H](Cc1ccc(OCc2ccccc2)cc1)NC(=O)OCc1ccccc1)C(=O)NCC(=O)N[C@@H](Cc1ccccc1)C(=O)O)C(=O)OCc1ccccc1. The van der Waals surface area contributed by atoms with Gasteiger partial charge in [0.1, 0.15) is 49.7 Å². The normalized spacial score (nSPS) is 12.6. The number of esters is 1. The summed E-state index contributed by atoms with van der Waals surface area (Å²) in [6.45, 7) is -0.329. The molecule has 334 valence electrons. The quantitative estimate of drug-likeness (QED) is 0.0477. The van der Waals surface area contributed by atoms with Crippen molar-refractivity contribution in [3.05, 3.63) is 173 Å². The number of carboxylic acid groups (broad SMARTS) is 1. The number of hydrogen-bond donors (Lipinski definition) is 6. The number of carbonyl (C=O) groups excluding carboxylic acids is 5. The number of thioether (sulfide) groups is 1. The smallest absolute Gasteiger partial charge is 0.408 e. The van der Waals surface area contributed by atoms with E-state index in [2.05, 4.69) is 21.3 Å². The van der Waals surface area contributed by atoms with Crippen molar-refractivity contribution in [1.82, 2.24) is 21.3 Å². The Morgan fingerprint density at radius 1 is 0.531 bits per heavy atom. The van der Waals surface area contributed by atoms with Crippen LogP contribution in [0, 0.1) is 0 Å². The summed E-state index contributed by atoms with van der Waals surface area (Å²) in [4.78, 5) is 78.6. The number of alkyl carbamates (subject to hydrolysis) is 1. The van der Waals surface area contributed by atoms with Crippen molar-refractivity contribution >= 4 is 47.5 Å². The van der Waals surface area contributed by atoms with E-state index in [4.69, 9.17) is 19.9 Å². The van der Waals surface area contributed by atoms with Crippen molar-refractivity contribution < 1.29 is 48.1 Å². The van der Waals surface area contributed by atoms with Crippen LogP contribution in [0.2, 0.25) is 0 Å². The van der Waals surface area contributed by atoms with Gasteiger partial charge in [-0.2, -0.15) is 11.8 Å². The summed E-state index contributed by atoms with van der Waals surface area (Å²) in [5.74, 6) is -3.81. The van der Waals surface area contributed by atoms with E-state index in [9.17, 15) is 33.9 Å². The van der Waals surface area contributed by atoms with Crippen molar-refractivity contribution in [3.8, 4) is 5.75 Å². The molecule has 0 saturated carbocycles. The van der Waals surface area contributed by atoms with Crippen LogP contribution in [0.1, 0.15) is 27.8 Å². The summed E-state index contributed by atoms with van der Waals surface area (Å²) in [6.07, 6.45) is -0.905. The summed E-state index contributed by atoms with van der Waals surface area (Å²) in [5, 5.41) is 20.0. The highest BCUT2D eigenvalue weighted by Crippen LogP contribution is 2.17. The minimum Gasteiger partial charge on any atom is -0.489 e. The van der Waals surface area contributed by atoms with Gasteiger partial charge in [-0.3, -0.25) is 19.2 Å². The number of ether oxygens (including phenoxy) is 3. The lowest BCUT2D eigenvalue weighted by Gasteiger charge is -2.23. The van der Waals surface area contributed by atoms with E-state index in [0.717, 1.165) is 28.5 Å². The zero-order chi connectivity index (χ0) is 45.5. The summed E-state index contributed by atoms with van der Waals surface area (Å²) < 4.78 is 16.7. The maximum Gasteiger partial charge on any atom is 0.408 e. The molecule has 0 spiro atoms. The molecule has 16 heteroatoms. The molecule has 4 amide bonds. The molecule has 0 unspecified atom stereocenters. The summed E-state index contributed by atoms with van der Waals surface area (Å²) in [7, 11) is 0. The summed E-state index contributed by atoms with van der Waals surface area (Å²) >= 11 is 1.07. The van der Waals surface area contributed by atoms with Crippen LogP contribution < -0.4 is 31.7 Å². The van der Waals surface area contributed by atoms with Crippen LogP contribution in [0.4, 0.5) is 4.79 Å². The molecule has 15 nitrogen and oxygen atoms in total. The lowest BCUT2D eigenvalue weighted by molar-refractivity contribution is -0.146. The fourth-order valence-electron chi connectivity index (χ4n) is 6.07. The highest BCUT2D eigenvalue weighted by molar-refractivity contribution is 7.99. The van der Waals surface area contributed by atoms with Crippen LogP contribution in [-0.4, -0.2) is 83.1 Å². The van der Waals surface area contributed by atoms with Crippen LogP contribution in [0.3, 0.4) is 0 Å². The fourth-order valence-corrected chi connectivity index (χ4v) is 7.07. The van der Waals surface area contributed by atoms with Crippen molar-refractivity contribution in [1.29, 1.82) is 0 Å². The number of rotatable bonds is 24. The number of amides is 4. The summed E-state index contributed by atoms with van der Waals surface area (Å²) in [5.41, 5.74) is 9.94. The van der Waals surface area contributed by atoms with Gasteiger partial charge in [0, 0.05) is 24.3 Å². The van der Waals surface area contributed by atoms with Crippen LogP contribution in [0.5, 0.6) is 5.75 Å². The van der Waals surface area contributed by atoms with Gasteiger partial charge in [0.25, 0.3) is 0 Å². The van der Waals surface area contributed by atoms with Crippen molar-refractivity contribution in [2.45, 2.75) is 56.8 Å². The first-order valence-electron chi connectivity index (χ1n) is 20.4. The third-order valence-corrected chi connectivity index (χ3v) is 10.7. The Kier molecular flexibility index (Phi) is 19.2. The molecule has 64 heavy (non-hydrogen) atoms. The molecule has 5 aromatic rings. The number of nitrogens with one attached hydrogen (secondary N) is 4. The number of nitrogens with two attached hydrogens (primary N) is 1. The van der Waals surface area contributed by atoms with Gasteiger partial charge < -0.3 is 46.3 Å². The van der Waals surface area contributed by atoms with E-state index in [0.29, 0.717) is 23.5 Å². The second kappa shape index (κ2) is 25.7. The van der Waals surface area contributed by atoms with Gasteiger partial charge in [0.15, 0.2) is 0 Å². The van der Waals surface area contributed by atoms with Crippen LogP contribution >= 0.6 is 11.8 Å². The molecule has 0 radical (unpaired) electrons. The van der Waals surface area contributed by atoms with Gasteiger partial charge in [-0.1, -0.05) is 133 Å². The third kappa shape index (κ3) is 16.9. The van der Waals surface area contributed by atoms with Gasteiger partial charge in [0.05, 0.1) is 6.54 Å². The van der Waals surface area contributed by atoms with Gasteiger partial charge in [-0.15, -0.1) is 0 Å². The molecule has 0 aliphatic rings. The van der Waals surface area contributed by atoms with E-state index in [-0.39, 0.29) is 37.6 Å². The van der Waals surface area contributed by atoms with Crippen LogP contribution in [-0.2, 0) is 66.1 Å². The Balaban J connectivity index is 1.27. The number of carboxylic acids is 1. The van der Waals surface area contributed by atoms with E-state index in [1.54, 1.807) is 91.0 Å². The average molecular weight is 890 g/mol. The van der Waals surface area contributed by atoms with Gasteiger partial charge in [-0.25, -0.2) is 9.59 Å². The predicted octanol–water partition coefficient (Wildman–Crippen LogP) is 4.32. The van der Waals surface area contributed by atoms with E-state index in [1.165, 1.54) is 0 Å². The predicted molar refractivity (Wildman–Crippen MR) is 241 cm³/mol. The first-order chi connectivity index (χ1) is 31.0. The minimum absolute atomic E-state index is 0.000278. The molecule has 0 aliphatic heterocycles. The van der Waals surface area contributed by atoms with Gasteiger partial charge in [0.2, 0.25) is 17.7 Å². The maximum atomic E-state index is 14.1. The molecule has 0 bridgehead atoms. The monoisotopic (exact) mass is 889 g/mol. The molecule has 0 saturated heterocycles. The molecular weight excluding hydrogens is 839 g/mol. The molecule has 0 aromatic heterocycles. The molecule has 4 atom stereocenters. The first-order valence-corrected chi connectivity index (χ1v) is 21.6. The average Bonchev–Trinajstić information content (AvgIpc) is 3.32. The number of aliphatic carboxylic acids is 1. The van der Waals surface area contributed by atoms with Gasteiger partial charge in [-0.05, 0) is 39.9 Å². The van der Waals surface area contributed by atoms with E-state index in [1.807, 2.05) is 54.6 Å².